The van der Waals surface area contributed by atoms with E-state index < -0.39 is 23.6 Å². The molecule has 9 heteroatoms. The number of aromatic nitrogens is 1. The first-order valence-corrected chi connectivity index (χ1v) is 11.7. The highest BCUT2D eigenvalue weighted by Gasteiger charge is 2.43. The zero-order chi connectivity index (χ0) is 25.5. The van der Waals surface area contributed by atoms with Crippen LogP contribution >= 0.6 is 0 Å². The number of amides is 3. The van der Waals surface area contributed by atoms with Gasteiger partial charge in [0.2, 0.25) is 5.91 Å². The Morgan fingerprint density at radius 3 is 2.54 bits per heavy atom. The lowest BCUT2D eigenvalue weighted by atomic mass is 9.88. The first-order valence-electron chi connectivity index (χ1n) is 11.7. The number of piperidine rings is 1. The highest BCUT2D eigenvalue weighted by atomic mass is 19.3. The number of carbonyl (C=O) groups excluding carboxylic acids is 3. The summed E-state index contributed by atoms with van der Waals surface area (Å²) in [4.78, 5) is 42.9. The largest absolute Gasteiger partial charge is 0.366 e. The Morgan fingerprint density at radius 2 is 1.91 bits per heavy atom. The van der Waals surface area contributed by atoms with Crippen LogP contribution < -0.4 is 10.6 Å². The molecule has 2 aliphatic heterocycles. The third kappa shape index (κ3) is 4.90. The van der Waals surface area contributed by atoms with Gasteiger partial charge in [0.25, 0.3) is 11.8 Å². The minimum absolute atomic E-state index is 0.0822. The van der Waals surface area contributed by atoms with Crippen LogP contribution in [0.3, 0.4) is 0 Å². The molecule has 7 nitrogen and oxygen atoms in total. The molecule has 0 aliphatic carbocycles. The van der Waals surface area contributed by atoms with Crippen molar-refractivity contribution >= 4 is 17.7 Å². The highest BCUT2D eigenvalue weighted by Crippen LogP contribution is 2.30. The number of carbonyl (C=O) groups is 3. The summed E-state index contributed by atoms with van der Waals surface area (Å²) in [5.74, 6) is -5.61. The maximum absolute atomic E-state index is 14.7. The molecule has 2 N–H and O–H groups in total. The van der Waals surface area contributed by atoms with Gasteiger partial charge in [-0.25, -0.2) is 0 Å². The van der Waals surface area contributed by atoms with E-state index in [9.17, 15) is 23.2 Å². The van der Waals surface area contributed by atoms with Crippen molar-refractivity contribution in [3.63, 3.8) is 0 Å². The van der Waals surface area contributed by atoms with E-state index in [1.165, 1.54) is 12.3 Å². The highest BCUT2D eigenvalue weighted by molar-refractivity contribution is 6.01. The summed E-state index contributed by atoms with van der Waals surface area (Å²) in [5.41, 5.74) is 1.71. The number of fused-ring (bicyclic) bond motifs is 1. The Labute approximate surface area is 203 Å². The van der Waals surface area contributed by atoms with Gasteiger partial charge in [0.15, 0.2) is 0 Å². The molecule has 0 bridgehead atoms. The molecule has 186 valence electrons. The average Bonchev–Trinajstić information content (AvgIpc) is 3.12. The monoisotopic (exact) mass is 484 g/mol. The third-order valence-electron chi connectivity index (χ3n) is 6.63. The van der Waals surface area contributed by atoms with Gasteiger partial charge < -0.3 is 15.5 Å². The fourth-order valence-corrected chi connectivity index (χ4v) is 4.44. The molecule has 1 fully saturated rings. The summed E-state index contributed by atoms with van der Waals surface area (Å²) in [5, 5.41) is 5.16. The molecule has 1 aromatic carbocycles. The molecule has 0 radical (unpaired) electrons. The number of rotatable bonds is 5. The summed E-state index contributed by atoms with van der Waals surface area (Å²) < 4.78 is 29.4. The van der Waals surface area contributed by atoms with E-state index in [1.807, 2.05) is 27.7 Å². The van der Waals surface area contributed by atoms with Gasteiger partial charge in [-0.1, -0.05) is 39.0 Å². The van der Waals surface area contributed by atoms with Crippen molar-refractivity contribution in [3.8, 4) is 0 Å². The first-order chi connectivity index (χ1) is 16.4. The van der Waals surface area contributed by atoms with Gasteiger partial charge in [0, 0.05) is 30.9 Å². The van der Waals surface area contributed by atoms with Crippen molar-refractivity contribution < 1.29 is 23.2 Å². The molecule has 1 saturated heterocycles. The van der Waals surface area contributed by atoms with Crippen molar-refractivity contribution in [2.75, 3.05) is 0 Å². The molecule has 3 amide bonds. The Balaban J connectivity index is 1.41. The van der Waals surface area contributed by atoms with Crippen molar-refractivity contribution in [2.45, 2.75) is 77.0 Å². The van der Waals surface area contributed by atoms with E-state index in [-0.39, 0.29) is 36.4 Å². The van der Waals surface area contributed by atoms with E-state index in [4.69, 9.17) is 0 Å². The summed E-state index contributed by atoms with van der Waals surface area (Å²) in [6.07, 6.45) is 2.75. The van der Waals surface area contributed by atoms with Crippen LogP contribution in [0.5, 0.6) is 0 Å². The van der Waals surface area contributed by atoms with Crippen LogP contribution in [0.15, 0.2) is 36.5 Å². The van der Waals surface area contributed by atoms with Crippen LogP contribution in [-0.2, 0) is 34.0 Å². The predicted octanol–water partition coefficient (Wildman–Crippen LogP) is 3.41. The predicted molar refractivity (Wildman–Crippen MR) is 126 cm³/mol. The number of nitrogens with zero attached hydrogens (tertiary/aromatic N) is 2. The van der Waals surface area contributed by atoms with Gasteiger partial charge in [-0.15, -0.1) is 0 Å². The lowest BCUT2D eigenvalue weighted by Gasteiger charge is -2.33. The molecule has 2 aromatic rings. The topological polar surface area (TPSA) is 91.4 Å². The van der Waals surface area contributed by atoms with E-state index in [2.05, 4.69) is 15.6 Å². The fraction of sp³-hybridized carbons (Fsp3) is 0.462. The van der Waals surface area contributed by atoms with Gasteiger partial charge >= 0.3 is 5.92 Å². The van der Waals surface area contributed by atoms with Gasteiger partial charge in [-0.2, -0.15) is 8.78 Å². The second kappa shape index (κ2) is 9.02. The molecule has 2 aliphatic rings. The van der Waals surface area contributed by atoms with Crippen molar-refractivity contribution in [3.05, 3.63) is 64.5 Å². The Hall–Kier alpha value is -3.36. The normalized spacial score (nSPS) is 20.5. The number of pyridine rings is 1. The number of hydrogen-bond donors (Lipinski definition) is 2. The number of halogens is 2. The molecule has 2 atom stereocenters. The SMILES string of the molecule is CC1CCC(N2Cc3cc(CNC(=O)C(F)(F)c4ccc(C(C)(C)C)cn4)ccc3C2=O)C(=O)N1. The third-order valence-corrected chi connectivity index (χ3v) is 6.63. The standard InChI is InChI=1S/C26H30F2N4O3/c1-15-5-9-20(22(33)31-15)32-14-17-11-16(6-8-19(17)23(32)34)12-30-24(35)26(27,28)21-10-7-18(13-29-21)25(2,3)4/h6-8,10-11,13,15,20H,5,9,12,14H2,1-4H3,(H,30,35)(H,31,33). The molecule has 0 spiro atoms. The number of hydrogen-bond acceptors (Lipinski definition) is 4. The van der Waals surface area contributed by atoms with Crippen molar-refractivity contribution in [2.24, 2.45) is 0 Å². The molecule has 4 rings (SSSR count). The number of nitrogens with one attached hydrogen (secondary N) is 2. The first kappa shape index (κ1) is 24.8. The summed E-state index contributed by atoms with van der Waals surface area (Å²) in [7, 11) is 0. The minimum atomic E-state index is -3.79. The van der Waals surface area contributed by atoms with Gasteiger partial charge in [-0.05, 0) is 54.0 Å². The molecule has 2 unspecified atom stereocenters. The molecular weight excluding hydrogens is 454 g/mol. The van der Waals surface area contributed by atoms with Crippen LogP contribution in [0.1, 0.15) is 73.3 Å². The van der Waals surface area contributed by atoms with Crippen LogP contribution in [0.25, 0.3) is 0 Å². The van der Waals surface area contributed by atoms with E-state index in [0.717, 1.165) is 12.0 Å². The molecule has 3 heterocycles. The molecule has 1 aromatic heterocycles. The number of benzene rings is 1. The molecule has 35 heavy (non-hydrogen) atoms. The van der Waals surface area contributed by atoms with E-state index >= 15 is 0 Å². The average molecular weight is 485 g/mol. The second-order valence-electron chi connectivity index (χ2n) is 10.4. The van der Waals surface area contributed by atoms with Crippen LogP contribution in [0, 0.1) is 0 Å². The van der Waals surface area contributed by atoms with Gasteiger partial charge in [0.05, 0.1) is 0 Å². The second-order valence-corrected chi connectivity index (χ2v) is 10.4. The smallest absolute Gasteiger partial charge is 0.352 e. The molecular formula is C26H30F2N4O3. The fourth-order valence-electron chi connectivity index (χ4n) is 4.44. The molecule has 0 saturated carbocycles. The van der Waals surface area contributed by atoms with Crippen molar-refractivity contribution in [1.82, 2.24) is 20.5 Å². The minimum Gasteiger partial charge on any atom is -0.352 e. The van der Waals surface area contributed by atoms with Crippen LogP contribution in [0.2, 0.25) is 0 Å². The summed E-state index contributed by atoms with van der Waals surface area (Å²) >= 11 is 0. The van der Waals surface area contributed by atoms with E-state index in [1.54, 1.807) is 29.2 Å². The maximum Gasteiger partial charge on any atom is 0.366 e. The van der Waals surface area contributed by atoms with Crippen LogP contribution in [0.4, 0.5) is 8.78 Å². The summed E-state index contributed by atoms with van der Waals surface area (Å²) in [6.45, 7) is 7.91. The lowest BCUT2D eigenvalue weighted by molar-refractivity contribution is -0.147. The van der Waals surface area contributed by atoms with Gasteiger partial charge in [0.1, 0.15) is 11.7 Å². The Bertz CT molecular complexity index is 1160. The Morgan fingerprint density at radius 1 is 1.17 bits per heavy atom. The van der Waals surface area contributed by atoms with Crippen molar-refractivity contribution in [1.29, 1.82) is 0 Å². The summed E-state index contributed by atoms with van der Waals surface area (Å²) in [6, 6.07) is 7.25. The van der Waals surface area contributed by atoms with Crippen LogP contribution in [-0.4, -0.2) is 39.7 Å². The van der Waals surface area contributed by atoms with E-state index in [0.29, 0.717) is 23.1 Å². The number of alkyl halides is 2. The maximum atomic E-state index is 14.7. The quantitative estimate of drug-likeness (QED) is 0.681. The lowest BCUT2D eigenvalue weighted by Crippen LogP contribution is -2.53. The zero-order valence-corrected chi connectivity index (χ0v) is 20.3. The zero-order valence-electron chi connectivity index (χ0n) is 20.3. The van der Waals surface area contributed by atoms with Gasteiger partial charge in [-0.3, -0.25) is 19.4 Å². The Kier molecular flexibility index (Phi) is 6.38.